The number of primary amides is 1. The van der Waals surface area contributed by atoms with Crippen LogP contribution in [0.15, 0.2) is 54.6 Å². The molecule has 0 aliphatic rings. The van der Waals surface area contributed by atoms with E-state index in [9.17, 15) is 20.3 Å². The van der Waals surface area contributed by atoms with E-state index in [1.807, 2.05) is 6.07 Å². The van der Waals surface area contributed by atoms with Crippen LogP contribution in [0.2, 0.25) is 0 Å². The Labute approximate surface area is 133 Å². The summed E-state index contributed by atoms with van der Waals surface area (Å²) < 4.78 is 0. The molecule has 5 heteroatoms. The fraction of sp³-hybridized carbons (Fsp3) is 0. The van der Waals surface area contributed by atoms with Crippen molar-refractivity contribution in [3.8, 4) is 17.6 Å². The number of carbonyl (C=O) groups excluding carboxylic acids is 1. The number of allylic oxidation sites excluding steroid dienone is 3. The van der Waals surface area contributed by atoms with Gasteiger partial charge in [-0.25, -0.2) is 0 Å². The van der Waals surface area contributed by atoms with Gasteiger partial charge in [-0.15, -0.1) is 0 Å². The van der Waals surface area contributed by atoms with Gasteiger partial charge in [-0.05, 0) is 29.8 Å². The smallest absolute Gasteiger partial charge is 0.249 e. The molecule has 4 N–H and O–H groups in total. The Balaban J connectivity index is 2.33. The molecule has 0 saturated heterocycles. The largest absolute Gasteiger partial charge is 0.504 e. The third kappa shape index (κ3) is 3.77. The van der Waals surface area contributed by atoms with Crippen LogP contribution in [-0.2, 0) is 0 Å². The van der Waals surface area contributed by atoms with Crippen molar-refractivity contribution in [3.63, 3.8) is 0 Å². The zero-order chi connectivity index (χ0) is 16.8. The number of nitrogens with zero attached hydrogens (tertiary/aromatic N) is 1. The lowest BCUT2D eigenvalue weighted by molar-refractivity contribution is 0.1000. The Morgan fingerprint density at radius 2 is 1.78 bits per heavy atom. The maximum Gasteiger partial charge on any atom is 0.249 e. The second-order valence-corrected chi connectivity index (χ2v) is 4.71. The number of rotatable bonds is 4. The van der Waals surface area contributed by atoms with E-state index in [4.69, 9.17) is 5.73 Å². The molecular weight excluding hydrogens is 292 g/mol. The highest BCUT2D eigenvalue weighted by Crippen LogP contribution is 2.25. The van der Waals surface area contributed by atoms with Gasteiger partial charge >= 0.3 is 0 Å². The SMILES string of the molecule is N#C/C(=C/C=C/c1ccc(O)c(O)c1)c1ccccc1C(N)=O. The number of hydrogen-bond acceptors (Lipinski definition) is 4. The third-order valence-corrected chi connectivity index (χ3v) is 3.15. The summed E-state index contributed by atoms with van der Waals surface area (Å²) in [5.41, 5.74) is 6.99. The average Bonchev–Trinajstić information content (AvgIpc) is 2.55. The lowest BCUT2D eigenvalue weighted by Crippen LogP contribution is -2.13. The van der Waals surface area contributed by atoms with E-state index in [0.29, 0.717) is 16.7 Å². The predicted octanol–water partition coefficient (Wildman–Crippen LogP) is 2.82. The van der Waals surface area contributed by atoms with Gasteiger partial charge < -0.3 is 15.9 Å². The molecule has 2 aromatic carbocycles. The Kier molecular flexibility index (Phi) is 4.80. The number of carbonyl (C=O) groups is 1. The van der Waals surface area contributed by atoms with Gasteiger partial charge in [0.1, 0.15) is 0 Å². The van der Waals surface area contributed by atoms with Crippen molar-refractivity contribution in [3.05, 3.63) is 71.3 Å². The standard InChI is InChI=1S/C18H14N2O3/c19-11-13(14-6-1-2-7-15(14)18(20)23)5-3-4-12-8-9-16(21)17(22)10-12/h1-10,21-22H,(H2,20,23)/b4-3+,13-5-. The summed E-state index contributed by atoms with van der Waals surface area (Å²) in [5, 5.41) is 28.0. The summed E-state index contributed by atoms with van der Waals surface area (Å²) >= 11 is 0. The molecule has 0 bridgehead atoms. The summed E-state index contributed by atoms with van der Waals surface area (Å²) in [7, 11) is 0. The first kappa shape index (κ1) is 15.9. The van der Waals surface area contributed by atoms with Gasteiger partial charge in [-0.3, -0.25) is 4.79 Å². The molecule has 5 nitrogen and oxygen atoms in total. The number of phenols is 2. The van der Waals surface area contributed by atoms with Crippen molar-refractivity contribution < 1.29 is 15.0 Å². The maximum atomic E-state index is 11.4. The van der Waals surface area contributed by atoms with Crippen LogP contribution in [0.4, 0.5) is 0 Å². The van der Waals surface area contributed by atoms with E-state index in [-0.39, 0.29) is 17.1 Å². The van der Waals surface area contributed by atoms with Crippen molar-refractivity contribution in [2.45, 2.75) is 0 Å². The average molecular weight is 306 g/mol. The monoisotopic (exact) mass is 306 g/mol. The highest BCUT2D eigenvalue weighted by molar-refractivity contribution is 5.99. The molecule has 0 atom stereocenters. The van der Waals surface area contributed by atoms with Gasteiger partial charge in [0, 0.05) is 11.1 Å². The van der Waals surface area contributed by atoms with Crippen molar-refractivity contribution in [1.82, 2.24) is 0 Å². The van der Waals surface area contributed by atoms with E-state index in [1.54, 1.807) is 48.6 Å². The Morgan fingerprint density at radius 3 is 2.39 bits per heavy atom. The normalized spacial score (nSPS) is 11.3. The second kappa shape index (κ2) is 6.96. The Bertz CT molecular complexity index is 846. The van der Waals surface area contributed by atoms with Gasteiger partial charge in [0.25, 0.3) is 0 Å². The minimum absolute atomic E-state index is 0.203. The number of nitriles is 1. The minimum atomic E-state index is -0.603. The lowest BCUT2D eigenvalue weighted by Gasteiger charge is -2.04. The van der Waals surface area contributed by atoms with Crippen molar-refractivity contribution in [1.29, 1.82) is 5.26 Å². The molecule has 2 aromatic rings. The molecule has 0 heterocycles. The fourth-order valence-electron chi connectivity index (χ4n) is 2.02. The van der Waals surface area contributed by atoms with Crippen LogP contribution >= 0.6 is 0 Å². The number of benzene rings is 2. The molecule has 114 valence electrons. The molecule has 0 aliphatic carbocycles. The zero-order valence-corrected chi connectivity index (χ0v) is 12.1. The van der Waals surface area contributed by atoms with E-state index < -0.39 is 5.91 Å². The molecule has 0 fully saturated rings. The molecule has 23 heavy (non-hydrogen) atoms. The zero-order valence-electron chi connectivity index (χ0n) is 12.1. The van der Waals surface area contributed by atoms with Crippen LogP contribution < -0.4 is 5.73 Å². The molecule has 1 amide bonds. The van der Waals surface area contributed by atoms with Crippen molar-refractivity contribution in [2.24, 2.45) is 5.73 Å². The van der Waals surface area contributed by atoms with E-state index in [0.717, 1.165) is 0 Å². The highest BCUT2D eigenvalue weighted by atomic mass is 16.3. The van der Waals surface area contributed by atoms with Crippen LogP contribution in [0.25, 0.3) is 11.6 Å². The topological polar surface area (TPSA) is 107 Å². The molecule has 0 saturated carbocycles. The second-order valence-electron chi connectivity index (χ2n) is 4.71. The van der Waals surface area contributed by atoms with E-state index >= 15 is 0 Å². The fourth-order valence-corrected chi connectivity index (χ4v) is 2.02. The van der Waals surface area contributed by atoms with Crippen LogP contribution in [0.5, 0.6) is 11.5 Å². The molecule has 0 aromatic heterocycles. The molecule has 0 unspecified atom stereocenters. The summed E-state index contributed by atoms with van der Waals surface area (Å²) in [4.78, 5) is 11.4. The summed E-state index contributed by atoms with van der Waals surface area (Å²) in [6.07, 6.45) is 4.82. The Hall–Kier alpha value is -3.52. The predicted molar refractivity (Wildman–Crippen MR) is 87.4 cm³/mol. The van der Waals surface area contributed by atoms with E-state index in [2.05, 4.69) is 0 Å². The third-order valence-electron chi connectivity index (χ3n) is 3.15. The molecule has 0 spiro atoms. The van der Waals surface area contributed by atoms with Crippen LogP contribution in [0.3, 0.4) is 0 Å². The summed E-state index contributed by atoms with van der Waals surface area (Å²) in [5.74, 6) is -1.03. The van der Waals surface area contributed by atoms with Crippen molar-refractivity contribution >= 4 is 17.6 Å². The lowest BCUT2D eigenvalue weighted by atomic mass is 9.99. The van der Waals surface area contributed by atoms with Crippen LogP contribution in [0, 0.1) is 11.3 Å². The van der Waals surface area contributed by atoms with Crippen LogP contribution in [0.1, 0.15) is 21.5 Å². The van der Waals surface area contributed by atoms with Gasteiger partial charge in [0.2, 0.25) is 5.91 Å². The quantitative estimate of drug-likeness (QED) is 0.458. The molecule has 2 rings (SSSR count). The first-order valence-corrected chi connectivity index (χ1v) is 6.72. The summed E-state index contributed by atoms with van der Waals surface area (Å²) in [6.45, 7) is 0. The van der Waals surface area contributed by atoms with E-state index in [1.165, 1.54) is 12.1 Å². The highest BCUT2D eigenvalue weighted by Gasteiger charge is 2.10. The first-order valence-electron chi connectivity index (χ1n) is 6.72. The van der Waals surface area contributed by atoms with Gasteiger partial charge in [-0.1, -0.05) is 36.4 Å². The number of phenolic OH excluding ortho intramolecular Hbond substituents is 2. The van der Waals surface area contributed by atoms with Crippen LogP contribution in [-0.4, -0.2) is 16.1 Å². The van der Waals surface area contributed by atoms with Gasteiger partial charge in [0.05, 0.1) is 11.6 Å². The van der Waals surface area contributed by atoms with Crippen molar-refractivity contribution in [2.75, 3.05) is 0 Å². The number of hydrogen-bond donors (Lipinski definition) is 3. The number of amides is 1. The molecule has 0 aliphatic heterocycles. The molecule has 0 radical (unpaired) electrons. The summed E-state index contributed by atoms with van der Waals surface area (Å²) in [6, 6.07) is 13.0. The first-order chi connectivity index (χ1) is 11.0. The number of nitrogens with two attached hydrogens (primary N) is 1. The van der Waals surface area contributed by atoms with Gasteiger partial charge in [-0.2, -0.15) is 5.26 Å². The minimum Gasteiger partial charge on any atom is -0.504 e. The Morgan fingerprint density at radius 1 is 1.09 bits per heavy atom. The number of aromatic hydroxyl groups is 2. The molecular formula is C18H14N2O3. The maximum absolute atomic E-state index is 11.4. The van der Waals surface area contributed by atoms with Gasteiger partial charge in [0.15, 0.2) is 11.5 Å².